The topological polar surface area (TPSA) is 93.1 Å². The number of ether oxygens (including phenoxy) is 2. The summed E-state index contributed by atoms with van der Waals surface area (Å²) < 4.78 is 37.6. The molecule has 1 aliphatic heterocycles. The van der Waals surface area contributed by atoms with E-state index < -0.39 is 26.8 Å². The van der Waals surface area contributed by atoms with Crippen LogP contribution in [-0.4, -0.2) is 61.1 Å². The van der Waals surface area contributed by atoms with Crippen molar-refractivity contribution in [3.05, 3.63) is 42.5 Å². The molecule has 1 saturated heterocycles. The first-order chi connectivity index (χ1) is 14.1. The molecule has 0 spiro atoms. The highest BCUT2D eigenvalue weighted by molar-refractivity contribution is 8.00. The molecule has 1 aliphatic rings. The third-order valence-corrected chi connectivity index (χ3v) is 8.38. The number of carboxylic acids is 1. The Morgan fingerprint density at radius 2 is 1.80 bits per heavy atom. The van der Waals surface area contributed by atoms with Crippen molar-refractivity contribution in [3.63, 3.8) is 0 Å². The van der Waals surface area contributed by atoms with Crippen molar-refractivity contribution >= 4 is 27.8 Å². The summed E-state index contributed by atoms with van der Waals surface area (Å²) in [5.41, 5.74) is 1.52. The smallest absolute Gasteiger partial charge is 0.323 e. The summed E-state index contributed by atoms with van der Waals surface area (Å²) in [6.07, 6.45) is 0. The van der Waals surface area contributed by atoms with Crippen molar-refractivity contribution in [2.45, 2.75) is 29.5 Å². The summed E-state index contributed by atoms with van der Waals surface area (Å²) in [5.74, 6) is 0.676. The fraction of sp³-hybridized carbons (Fsp3) is 0.381. The van der Waals surface area contributed by atoms with E-state index in [2.05, 4.69) is 0 Å². The van der Waals surface area contributed by atoms with Gasteiger partial charge in [-0.05, 0) is 49.7 Å². The Bertz CT molecular complexity index is 1030. The molecule has 0 aliphatic carbocycles. The molecule has 1 atom stereocenters. The number of rotatable bonds is 6. The SMILES string of the molecule is COc1ccc(OC)c(-c2ccc(S(=O)(=O)N3CCSC(C)(C)[C@@H]3C(=O)O)cc2)c1. The van der Waals surface area contributed by atoms with Gasteiger partial charge in [-0.25, -0.2) is 8.42 Å². The number of aliphatic carboxylic acids is 1. The van der Waals surface area contributed by atoms with Gasteiger partial charge in [0.1, 0.15) is 17.5 Å². The Morgan fingerprint density at radius 1 is 1.13 bits per heavy atom. The lowest BCUT2D eigenvalue weighted by atomic mass is 10.0. The first-order valence-electron chi connectivity index (χ1n) is 9.33. The number of benzene rings is 2. The van der Waals surface area contributed by atoms with Gasteiger partial charge in [0.05, 0.1) is 19.1 Å². The second kappa shape index (κ2) is 8.49. The van der Waals surface area contributed by atoms with E-state index in [0.29, 0.717) is 17.3 Å². The van der Waals surface area contributed by atoms with Crippen LogP contribution in [0.2, 0.25) is 0 Å². The summed E-state index contributed by atoms with van der Waals surface area (Å²) in [5, 5.41) is 9.71. The van der Waals surface area contributed by atoms with Gasteiger partial charge >= 0.3 is 5.97 Å². The second-order valence-electron chi connectivity index (χ2n) is 7.40. The van der Waals surface area contributed by atoms with Crippen LogP contribution in [0.25, 0.3) is 11.1 Å². The Labute approximate surface area is 181 Å². The van der Waals surface area contributed by atoms with E-state index in [1.807, 2.05) is 6.07 Å². The van der Waals surface area contributed by atoms with Crippen LogP contribution in [0.4, 0.5) is 0 Å². The minimum Gasteiger partial charge on any atom is -0.497 e. The van der Waals surface area contributed by atoms with E-state index in [1.165, 1.54) is 23.9 Å². The summed E-state index contributed by atoms with van der Waals surface area (Å²) in [6, 6.07) is 10.6. The van der Waals surface area contributed by atoms with Gasteiger partial charge in [-0.1, -0.05) is 12.1 Å². The lowest BCUT2D eigenvalue weighted by molar-refractivity contribution is -0.142. The fourth-order valence-corrected chi connectivity index (χ4v) is 6.71. The van der Waals surface area contributed by atoms with Crippen molar-refractivity contribution in [3.8, 4) is 22.6 Å². The van der Waals surface area contributed by atoms with Gasteiger partial charge in [0.25, 0.3) is 0 Å². The van der Waals surface area contributed by atoms with E-state index >= 15 is 0 Å². The molecule has 2 aromatic rings. The predicted molar refractivity (Wildman–Crippen MR) is 117 cm³/mol. The van der Waals surface area contributed by atoms with E-state index in [4.69, 9.17) is 9.47 Å². The molecular formula is C21H25NO6S2. The van der Waals surface area contributed by atoms with E-state index in [-0.39, 0.29) is 11.4 Å². The highest BCUT2D eigenvalue weighted by Crippen LogP contribution is 2.39. The zero-order valence-corrected chi connectivity index (χ0v) is 18.9. The Kier molecular flexibility index (Phi) is 6.35. The number of sulfonamides is 1. The van der Waals surface area contributed by atoms with Crippen LogP contribution < -0.4 is 9.47 Å². The number of carbonyl (C=O) groups is 1. The molecule has 7 nitrogen and oxygen atoms in total. The molecule has 30 heavy (non-hydrogen) atoms. The molecule has 0 radical (unpaired) electrons. The van der Waals surface area contributed by atoms with Crippen LogP contribution in [-0.2, 0) is 14.8 Å². The van der Waals surface area contributed by atoms with Crippen LogP contribution in [0.3, 0.4) is 0 Å². The third-order valence-electron chi connectivity index (χ3n) is 5.14. The van der Waals surface area contributed by atoms with Crippen molar-refractivity contribution in [2.75, 3.05) is 26.5 Å². The standard InChI is InChI=1S/C21H25NO6S2/c1-21(2)19(20(23)24)22(11-12-29-21)30(25,26)16-8-5-14(6-9-16)17-13-15(27-3)7-10-18(17)28-4/h5-10,13,19H,11-12H2,1-4H3,(H,23,24)/t19-/m0/s1. The minimum absolute atomic E-state index is 0.0575. The van der Waals surface area contributed by atoms with Gasteiger partial charge < -0.3 is 14.6 Å². The summed E-state index contributed by atoms with van der Waals surface area (Å²) in [7, 11) is -0.842. The lowest BCUT2D eigenvalue weighted by Crippen LogP contribution is -2.58. The van der Waals surface area contributed by atoms with Gasteiger partial charge in [-0.15, -0.1) is 0 Å². The molecule has 1 N–H and O–H groups in total. The van der Waals surface area contributed by atoms with Crippen LogP contribution in [0, 0.1) is 0 Å². The summed E-state index contributed by atoms with van der Waals surface area (Å²) >= 11 is 1.47. The molecule has 162 valence electrons. The molecule has 1 heterocycles. The number of carboxylic acid groups (broad SMARTS) is 1. The maximum atomic E-state index is 13.3. The molecule has 0 bridgehead atoms. The molecule has 1 fully saturated rings. The quantitative estimate of drug-likeness (QED) is 0.720. The third kappa shape index (κ3) is 4.14. The molecule has 0 unspecified atom stereocenters. The van der Waals surface area contributed by atoms with Gasteiger partial charge in [-0.3, -0.25) is 4.79 Å². The van der Waals surface area contributed by atoms with Crippen LogP contribution in [0.5, 0.6) is 11.5 Å². The summed E-state index contributed by atoms with van der Waals surface area (Å²) in [6.45, 7) is 3.67. The van der Waals surface area contributed by atoms with E-state index in [9.17, 15) is 18.3 Å². The van der Waals surface area contributed by atoms with Crippen molar-refractivity contribution in [2.24, 2.45) is 0 Å². The molecule has 3 rings (SSSR count). The number of nitrogens with zero attached hydrogens (tertiary/aromatic N) is 1. The van der Waals surface area contributed by atoms with Gasteiger partial charge in [0.15, 0.2) is 0 Å². The number of hydrogen-bond acceptors (Lipinski definition) is 6. The molecule has 0 aromatic heterocycles. The van der Waals surface area contributed by atoms with Crippen molar-refractivity contribution in [1.29, 1.82) is 0 Å². The van der Waals surface area contributed by atoms with Crippen molar-refractivity contribution in [1.82, 2.24) is 4.31 Å². The Hall–Kier alpha value is -2.23. The monoisotopic (exact) mass is 451 g/mol. The maximum absolute atomic E-state index is 13.3. The normalized spacial score (nSPS) is 19.3. The fourth-order valence-electron chi connectivity index (χ4n) is 3.61. The van der Waals surface area contributed by atoms with Gasteiger partial charge in [0.2, 0.25) is 10.0 Å². The predicted octanol–water partition coefficient (Wildman–Crippen LogP) is 3.34. The van der Waals surface area contributed by atoms with Gasteiger partial charge in [-0.2, -0.15) is 16.1 Å². The largest absolute Gasteiger partial charge is 0.497 e. The molecule has 0 saturated carbocycles. The van der Waals surface area contributed by atoms with E-state index in [0.717, 1.165) is 15.4 Å². The molecule has 2 aromatic carbocycles. The summed E-state index contributed by atoms with van der Waals surface area (Å²) in [4.78, 5) is 11.9. The number of thioether (sulfide) groups is 1. The first-order valence-corrected chi connectivity index (χ1v) is 11.8. The highest BCUT2D eigenvalue weighted by atomic mass is 32.2. The molecule has 0 amide bonds. The van der Waals surface area contributed by atoms with E-state index in [1.54, 1.807) is 52.3 Å². The second-order valence-corrected chi connectivity index (χ2v) is 11.0. The number of methoxy groups -OCH3 is 2. The lowest BCUT2D eigenvalue weighted by Gasteiger charge is -2.42. The zero-order valence-electron chi connectivity index (χ0n) is 17.3. The average Bonchev–Trinajstić information content (AvgIpc) is 2.72. The zero-order chi connectivity index (χ0) is 22.1. The van der Waals surface area contributed by atoms with Crippen LogP contribution in [0.1, 0.15) is 13.8 Å². The first kappa shape index (κ1) is 22.5. The van der Waals surface area contributed by atoms with Crippen LogP contribution in [0.15, 0.2) is 47.4 Å². The highest BCUT2D eigenvalue weighted by Gasteiger charge is 2.48. The Morgan fingerprint density at radius 3 is 2.37 bits per heavy atom. The average molecular weight is 452 g/mol. The maximum Gasteiger partial charge on any atom is 0.323 e. The molecular weight excluding hydrogens is 426 g/mol. The van der Waals surface area contributed by atoms with Crippen LogP contribution >= 0.6 is 11.8 Å². The number of hydrogen-bond donors (Lipinski definition) is 1. The minimum atomic E-state index is -3.97. The molecule has 9 heteroatoms. The Balaban J connectivity index is 1.99. The van der Waals surface area contributed by atoms with Crippen molar-refractivity contribution < 1.29 is 27.8 Å². The van der Waals surface area contributed by atoms with Gasteiger partial charge in [0, 0.05) is 22.6 Å².